The molecule has 1 amide bonds. The van der Waals surface area contributed by atoms with Crippen LogP contribution in [0.3, 0.4) is 0 Å². The third-order valence-corrected chi connectivity index (χ3v) is 4.58. The molecule has 2 N–H and O–H groups in total. The lowest BCUT2D eigenvalue weighted by Crippen LogP contribution is -2.37. The molecule has 2 heterocycles. The molecule has 20 heavy (non-hydrogen) atoms. The summed E-state index contributed by atoms with van der Waals surface area (Å²) in [5, 5.41) is 11.1. The topological polar surface area (TPSA) is 117 Å². The summed E-state index contributed by atoms with van der Waals surface area (Å²) in [6.07, 6.45) is 1.49. The number of carboxylic acids is 1. The van der Waals surface area contributed by atoms with E-state index in [4.69, 9.17) is 5.11 Å². The molecule has 1 aromatic heterocycles. The molecule has 1 aromatic rings. The first-order valence-electron chi connectivity index (χ1n) is 5.87. The van der Waals surface area contributed by atoms with Gasteiger partial charge in [0.25, 0.3) is 10.0 Å². The molecular weight excluding hydrogens is 286 g/mol. The van der Waals surface area contributed by atoms with Gasteiger partial charge in [-0.25, -0.2) is 18.2 Å². The number of sulfonamides is 1. The van der Waals surface area contributed by atoms with Crippen molar-refractivity contribution in [1.82, 2.24) is 14.6 Å². The van der Waals surface area contributed by atoms with Crippen LogP contribution < -0.4 is 5.32 Å². The van der Waals surface area contributed by atoms with Gasteiger partial charge in [0, 0.05) is 19.3 Å². The number of aromatic nitrogens is 1. The number of amides is 1. The molecule has 0 unspecified atom stereocenters. The van der Waals surface area contributed by atoms with Crippen molar-refractivity contribution in [2.24, 2.45) is 0 Å². The Morgan fingerprint density at radius 2 is 2.15 bits per heavy atom. The number of nitrogens with one attached hydrogen (secondary N) is 1. The summed E-state index contributed by atoms with van der Waals surface area (Å²) in [5.74, 6) is -1.55. The highest BCUT2D eigenvalue weighted by atomic mass is 32.2. The summed E-state index contributed by atoms with van der Waals surface area (Å²) >= 11 is 0. The lowest BCUT2D eigenvalue weighted by molar-refractivity contribution is -0.120. The molecule has 0 atom stereocenters. The summed E-state index contributed by atoms with van der Waals surface area (Å²) in [7, 11) is -3.89. The van der Waals surface area contributed by atoms with E-state index < -0.39 is 16.0 Å². The zero-order valence-electron chi connectivity index (χ0n) is 10.4. The lowest BCUT2D eigenvalue weighted by Gasteiger charge is -2.17. The van der Waals surface area contributed by atoms with Crippen LogP contribution in [0.2, 0.25) is 0 Å². The Hall–Kier alpha value is -2.00. The van der Waals surface area contributed by atoms with E-state index in [2.05, 4.69) is 10.3 Å². The lowest BCUT2D eigenvalue weighted by atomic mass is 10.3. The highest BCUT2D eigenvalue weighted by molar-refractivity contribution is 7.89. The van der Waals surface area contributed by atoms with Crippen LogP contribution >= 0.6 is 0 Å². The second kappa shape index (κ2) is 5.55. The number of carboxylic acid groups (broad SMARTS) is 1. The van der Waals surface area contributed by atoms with Gasteiger partial charge in [-0.3, -0.25) is 4.79 Å². The third kappa shape index (κ3) is 2.94. The first kappa shape index (κ1) is 14.4. The number of hydrogen-bond acceptors (Lipinski definition) is 5. The average molecular weight is 299 g/mol. The van der Waals surface area contributed by atoms with Crippen LogP contribution in [0.5, 0.6) is 0 Å². The first-order chi connectivity index (χ1) is 9.41. The molecule has 8 nitrogen and oxygen atoms in total. The van der Waals surface area contributed by atoms with Gasteiger partial charge in [-0.2, -0.15) is 4.31 Å². The zero-order valence-corrected chi connectivity index (χ0v) is 11.3. The summed E-state index contributed by atoms with van der Waals surface area (Å²) in [4.78, 5) is 25.8. The van der Waals surface area contributed by atoms with Gasteiger partial charge in [0.1, 0.15) is 0 Å². The van der Waals surface area contributed by atoms with Gasteiger partial charge >= 0.3 is 5.97 Å². The fraction of sp³-hybridized carbons (Fsp3) is 0.364. The minimum atomic E-state index is -3.89. The maximum absolute atomic E-state index is 12.3. The molecule has 1 aliphatic heterocycles. The van der Waals surface area contributed by atoms with Gasteiger partial charge in [0.2, 0.25) is 5.91 Å². The highest BCUT2D eigenvalue weighted by Crippen LogP contribution is 2.15. The van der Waals surface area contributed by atoms with Crippen molar-refractivity contribution in [3.63, 3.8) is 0 Å². The molecule has 1 fully saturated rings. The van der Waals surface area contributed by atoms with Crippen molar-refractivity contribution in [2.45, 2.75) is 11.4 Å². The Bertz CT molecular complexity index is 626. The number of rotatable bonds is 3. The second-order valence-corrected chi connectivity index (χ2v) is 6.12. The van der Waals surface area contributed by atoms with E-state index in [0.29, 0.717) is 13.0 Å². The zero-order chi connectivity index (χ0) is 14.8. The smallest absolute Gasteiger partial charge is 0.337 e. The Kier molecular flexibility index (Phi) is 4.00. The van der Waals surface area contributed by atoms with Gasteiger partial charge < -0.3 is 10.4 Å². The SMILES string of the molecule is O=C1CN(S(=O)(=O)c2ccc(C(=O)O)cn2)CCCN1. The maximum Gasteiger partial charge on any atom is 0.337 e. The monoisotopic (exact) mass is 299 g/mol. The van der Waals surface area contributed by atoms with Crippen LogP contribution in [0.15, 0.2) is 23.4 Å². The number of pyridine rings is 1. The standard InChI is InChI=1S/C11H13N3O5S/c15-9-7-14(5-1-4-12-9)20(18,19)10-3-2-8(6-13-10)11(16)17/h2-3,6H,1,4-5,7H2,(H,12,15)(H,16,17). The maximum atomic E-state index is 12.3. The Labute approximate surface area is 115 Å². The van der Waals surface area contributed by atoms with Crippen molar-refractivity contribution in [2.75, 3.05) is 19.6 Å². The molecule has 1 saturated heterocycles. The normalized spacial score (nSPS) is 17.3. The van der Waals surface area contributed by atoms with E-state index in [0.717, 1.165) is 16.6 Å². The van der Waals surface area contributed by atoms with Crippen LogP contribution in [0, 0.1) is 0 Å². The van der Waals surface area contributed by atoms with Crippen molar-refractivity contribution < 1.29 is 23.1 Å². The van der Waals surface area contributed by atoms with Gasteiger partial charge in [-0.1, -0.05) is 0 Å². The van der Waals surface area contributed by atoms with Crippen LogP contribution in [0.4, 0.5) is 0 Å². The molecule has 0 aromatic carbocycles. The molecule has 2 rings (SSSR count). The number of aromatic carboxylic acids is 1. The number of hydrogen-bond donors (Lipinski definition) is 2. The number of carbonyl (C=O) groups is 2. The second-order valence-electron chi connectivity index (χ2n) is 4.23. The molecule has 1 aliphatic rings. The Morgan fingerprint density at radius 3 is 2.75 bits per heavy atom. The van der Waals surface area contributed by atoms with Gasteiger partial charge in [0.15, 0.2) is 5.03 Å². The summed E-state index contributed by atoms with van der Waals surface area (Å²) in [6.45, 7) is 0.379. The number of nitrogens with zero attached hydrogens (tertiary/aromatic N) is 2. The fourth-order valence-corrected chi connectivity index (χ4v) is 3.12. The minimum absolute atomic E-state index is 0.0995. The van der Waals surface area contributed by atoms with E-state index in [1.54, 1.807) is 0 Å². The molecule has 0 spiro atoms. The average Bonchev–Trinajstić information content (AvgIpc) is 2.64. The minimum Gasteiger partial charge on any atom is -0.478 e. The molecule has 0 radical (unpaired) electrons. The molecule has 9 heteroatoms. The van der Waals surface area contributed by atoms with Crippen LogP contribution in [0.25, 0.3) is 0 Å². The van der Waals surface area contributed by atoms with Crippen LogP contribution in [-0.4, -0.2) is 54.3 Å². The van der Waals surface area contributed by atoms with Gasteiger partial charge in [0.05, 0.1) is 12.1 Å². The molecule has 0 bridgehead atoms. The molecule has 0 saturated carbocycles. The van der Waals surface area contributed by atoms with Crippen molar-refractivity contribution >= 4 is 21.9 Å². The van der Waals surface area contributed by atoms with E-state index in [1.165, 1.54) is 6.07 Å². The molecular formula is C11H13N3O5S. The van der Waals surface area contributed by atoms with Crippen LogP contribution in [0.1, 0.15) is 16.8 Å². The summed E-state index contributed by atoms with van der Waals surface area (Å²) in [5.41, 5.74) is -0.0995. The summed E-state index contributed by atoms with van der Waals surface area (Å²) in [6, 6.07) is 2.29. The predicted octanol–water partition coefficient (Wildman–Crippen LogP) is -0.710. The van der Waals surface area contributed by atoms with E-state index in [-0.39, 0.29) is 29.6 Å². The van der Waals surface area contributed by atoms with Gasteiger partial charge in [-0.05, 0) is 18.6 Å². The van der Waals surface area contributed by atoms with Crippen molar-refractivity contribution in [3.05, 3.63) is 23.9 Å². The van der Waals surface area contributed by atoms with E-state index >= 15 is 0 Å². The van der Waals surface area contributed by atoms with Crippen molar-refractivity contribution in [1.29, 1.82) is 0 Å². The quantitative estimate of drug-likeness (QED) is 0.761. The summed E-state index contributed by atoms with van der Waals surface area (Å²) < 4.78 is 25.6. The molecule has 0 aliphatic carbocycles. The van der Waals surface area contributed by atoms with E-state index in [9.17, 15) is 18.0 Å². The first-order valence-corrected chi connectivity index (χ1v) is 7.31. The van der Waals surface area contributed by atoms with Crippen LogP contribution in [-0.2, 0) is 14.8 Å². The van der Waals surface area contributed by atoms with Crippen molar-refractivity contribution in [3.8, 4) is 0 Å². The Balaban J connectivity index is 2.29. The molecule has 108 valence electrons. The predicted molar refractivity (Wildman–Crippen MR) is 67.6 cm³/mol. The number of carbonyl (C=O) groups excluding carboxylic acids is 1. The third-order valence-electron chi connectivity index (χ3n) is 2.81. The van der Waals surface area contributed by atoms with Gasteiger partial charge in [-0.15, -0.1) is 0 Å². The largest absolute Gasteiger partial charge is 0.478 e. The highest BCUT2D eigenvalue weighted by Gasteiger charge is 2.29. The Morgan fingerprint density at radius 1 is 1.40 bits per heavy atom. The fourth-order valence-electron chi connectivity index (χ4n) is 1.78. The van der Waals surface area contributed by atoms with E-state index in [1.807, 2.05) is 0 Å².